The molecule has 9 aromatic rings. The van der Waals surface area contributed by atoms with Crippen LogP contribution < -0.4 is 0 Å². The van der Waals surface area contributed by atoms with Gasteiger partial charge in [-0.3, -0.25) is 0 Å². The zero-order chi connectivity index (χ0) is 59.7. The van der Waals surface area contributed by atoms with Crippen LogP contribution in [-0.2, 0) is 0 Å². The van der Waals surface area contributed by atoms with E-state index in [9.17, 15) is 13.7 Å². The van der Waals surface area contributed by atoms with E-state index in [2.05, 4.69) is 0 Å². The Bertz CT molecular complexity index is 4240. The van der Waals surface area contributed by atoms with Gasteiger partial charge in [0, 0.05) is 0 Å². The van der Waals surface area contributed by atoms with Crippen LogP contribution in [0.15, 0.2) is 193 Å². The standard InChI is InChI=1S/C48H32/c1-4-15-33(16-5-1)37-27-28-45-46(32-37)47(40-30-38(34-17-6-2-7-18-34)29-39(31-40)35-19-8-3-9-20-35)43-24-12-13-25-44(43)48(45)42-26-14-22-36-21-10-11-23-41(36)42/h1-32H/i1D,2D,3D,4D,5D,6D,7D,8D,9D,10D,11D,12D,13D,14D,15D,16D,17D,18D,19D,20D,21D,22D,23D,24D,25D,26D,27D,28D,29D,30D,31D,32D. The lowest BCUT2D eigenvalue weighted by atomic mass is 9.82. The van der Waals surface area contributed by atoms with Gasteiger partial charge in [0.2, 0.25) is 0 Å². The van der Waals surface area contributed by atoms with Crippen LogP contribution in [-0.4, -0.2) is 0 Å². The van der Waals surface area contributed by atoms with Crippen LogP contribution in [0.3, 0.4) is 0 Å². The van der Waals surface area contributed by atoms with Crippen LogP contribution in [0, 0.1) is 0 Å². The predicted octanol–water partition coefficient (Wildman–Crippen LogP) is 13.5. The molecule has 0 N–H and O–H groups in total. The van der Waals surface area contributed by atoms with Crippen molar-refractivity contribution in [2.45, 2.75) is 0 Å². The summed E-state index contributed by atoms with van der Waals surface area (Å²) < 4.78 is 290. The van der Waals surface area contributed by atoms with Gasteiger partial charge in [-0.1, -0.05) is 169 Å². The first kappa shape index (κ1) is 10.4. The van der Waals surface area contributed by atoms with Crippen molar-refractivity contribution < 1.29 is 43.9 Å². The van der Waals surface area contributed by atoms with Crippen molar-refractivity contribution in [3.63, 3.8) is 0 Å². The van der Waals surface area contributed by atoms with E-state index in [0.717, 1.165) is 0 Å². The highest BCUT2D eigenvalue weighted by molar-refractivity contribution is 6.24. The van der Waals surface area contributed by atoms with Gasteiger partial charge in [-0.25, -0.2) is 0 Å². The van der Waals surface area contributed by atoms with E-state index in [1.165, 1.54) is 0 Å². The maximum Gasteiger partial charge on any atom is 0.0636 e. The molecular formula is C48H32. The van der Waals surface area contributed by atoms with Crippen molar-refractivity contribution in [1.82, 2.24) is 0 Å². The van der Waals surface area contributed by atoms with Gasteiger partial charge in [0.05, 0.1) is 43.9 Å². The molecule has 0 saturated heterocycles. The van der Waals surface area contributed by atoms with Gasteiger partial charge in [0.15, 0.2) is 0 Å². The SMILES string of the molecule is [2H]c1c([2H])c([2H])c(-c2c([2H])c(-c3c([2H])c([2H])c([2H])c([2H])c3[2H])c([2H])c(-c3c4c([2H])c([2H])c([2H])c([2H])c4c(-c4c([2H])c([2H])c([2H])c5c([2H])c([2H])c([2H])c([2H])c45)c4c([2H])c([2H])c(-c5c([2H])c([2H])c([2H])c([2H])c5[2H])c([2H])c34)c2[2H])c([2H])c1[2H]. The molecule has 0 aromatic heterocycles. The molecule has 0 bridgehead atoms. The van der Waals surface area contributed by atoms with Crippen molar-refractivity contribution in [2.75, 3.05) is 0 Å². The van der Waals surface area contributed by atoms with E-state index >= 15 is 0 Å². The Morgan fingerprint density at radius 2 is 0.708 bits per heavy atom. The molecule has 0 unspecified atom stereocenters. The monoisotopic (exact) mass is 640 g/mol. The predicted molar refractivity (Wildman–Crippen MR) is 206 cm³/mol. The average molecular weight is 641 g/mol. The van der Waals surface area contributed by atoms with Gasteiger partial charge in [-0.2, -0.15) is 0 Å². The first-order valence-electron chi connectivity index (χ1n) is 30.0. The second kappa shape index (κ2) is 11.8. The topological polar surface area (TPSA) is 0 Å². The third kappa shape index (κ3) is 4.87. The van der Waals surface area contributed by atoms with Crippen LogP contribution >= 0.6 is 0 Å². The Kier molecular flexibility index (Phi) is 2.56. The molecule has 0 fully saturated rings. The fourth-order valence-electron chi connectivity index (χ4n) is 5.31. The van der Waals surface area contributed by atoms with E-state index in [1.807, 2.05) is 0 Å². The molecule has 0 aliphatic heterocycles. The lowest BCUT2D eigenvalue weighted by molar-refractivity contribution is 1.58. The van der Waals surface area contributed by atoms with E-state index < -0.39 is 281 Å². The summed E-state index contributed by atoms with van der Waals surface area (Å²) in [6.07, 6.45) is 0. The number of benzene rings is 9. The first-order chi connectivity index (χ1) is 37.1. The summed E-state index contributed by atoms with van der Waals surface area (Å²) in [6, 6.07) is -34.8. The lowest BCUT2D eigenvalue weighted by Gasteiger charge is -2.20. The summed E-state index contributed by atoms with van der Waals surface area (Å²) in [5.41, 5.74) is -9.90. The molecule has 0 heteroatoms. The molecule has 0 radical (unpaired) electrons. The smallest absolute Gasteiger partial charge is 0.0622 e. The Hall–Kier alpha value is -6.24. The zero-order valence-electron chi connectivity index (χ0n) is 56.0. The first-order valence-corrected chi connectivity index (χ1v) is 14.0. The zero-order valence-corrected chi connectivity index (χ0v) is 24.0. The largest absolute Gasteiger partial charge is 0.0636 e. The summed E-state index contributed by atoms with van der Waals surface area (Å²) in [6.45, 7) is 0. The Morgan fingerprint density at radius 3 is 1.33 bits per heavy atom. The lowest BCUT2D eigenvalue weighted by Crippen LogP contribution is -1.93. The summed E-state index contributed by atoms with van der Waals surface area (Å²) >= 11 is 0. The molecule has 0 nitrogen and oxygen atoms in total. The average Bonchev–Trinajstić information content (AvgIpc) is 2.54. The fraction of sp³-hybridized carbons (Fsp3) is 0. The summed E-state index contributed by atoms with van der Waals surface area (Å²) in [4.78, 5) is 0. The van der Waals surface area contributed by atoms with Crippen molar-refractivity contribution >= 4 is 32.3 Å². The summed E-state index contributed by atoms with van der Waals surface area (Å²) in [7, 11) is 0. The highest BCUT2D eigenvalue weighted by atomic mass is 14.2. The molecule has 0 aliphatic rings. The fourth-order valence-corrected chi connectivity index (χ4v) is 5.31. The minimum atomic E-state index is -1.27. The van der Waals surface area contributed by atoms with Crippen molar-refractivity contribution in [3.05, 3.63) is 193 Å². The molecule has 0 atom stereocenters. The molecule has 0 heterocycles. The second-order valence-corrected chi connectivity index (χ2v) is 10.0. The minimum absolute atomic E-state index is 0.739. The van der Waals surface area contributed by atoms with Gasteiger partial charge < -0.3 is 0 Å². The number of fused-ring (bicyclic) bond motifs is 3. The third-order valence-electron chi connectivity index (χ3n) is 7.31. The van der Waals surface area contributed by atoms with E-state index in [-0.39, 0.29) is 0 Å². The number of hydrogen-bond acceptors (Lipinski definition) is 0. The quantitative estimate of drug-likeness (QED) is 0.164. The highest BCUT2D eigenvalue weighted by Crippen LogP contribution is 2.47. The van der Waals surface area contributed by atoms with Gasteiger partial charge in [-0.05, 0) is 112 Å². The molecule has 9 aromatic carbocycles. The van der Waals surface area contributed by atoms with Crippen LogP contribution in [0.2, 0.25) is 0 Å². The van der Waals surface area contributed by atoms with Crippen molar-refractivity contribution in [2.24, 2.45) is 0 Å². The van der Waals surface area contributed by atoms with Gasteiger partial charge in [0.25, 0.3) is 0 Å². The van der Waals surface area contributed by atoms with Gasteiger partial charge >= 0.3 is 0 Å². The summed E-state index contributed by atoms with van der Waals surface area (Å²) in [5, 5.41) is -5.35. The molecule has 0 aliphatic carbocycles. The number of rotatable bonds is 5. The van der Waals surface area contributed by atoms with Crippen LogP contribution in [0.5, 0.6) is 0 Å². The Labute approximate surface area is 326 Å². The summed E-state index contributed by atoms with van der Waals surface area (Å²) in [5.74, 6) is 0. The number of hydrogen-bond donors (Lipinski definition) is 0. The van der Waals surface area contributed by atoms with E-state index in [1.54, 1.807) is 0 Å². The van der Waals surface area contributed by atoms with E-state index in [4.69, 9.17) is 30.2 Å². The Balaban J connectivity index is 1.76. The van der Waals surface area contributed by atoms with Crippen LogP contribution in [0.1, 0.15) is 43.9 Å². The van der Waals surface area contributed by atoms with Crippen molar-refractivity contribution in [1.29, 1.82) is 0 Å². The molecule has 9 rings (SSSR count). The third-order valence-corrected chi connectivity index (χ3v) is 7.31. The maximum absolute atomic E-state index is 10.2. The normalized spacial score (nSPS) is 20.7. The molecule has 0 saturated carbocycles. The second-order valence-electron chi connectivity index (χ2n) is 10.0. The minimum Gasteiger partial charge on any atom is -0.0622 e. The molecule has 48 heavy (non-hydrogen) atoms. The van der Waals surface area contributed by atoms with E-state index in [0.29, 0.717) is 0 Å². The van der Waals surface area contributed by atoms with Crippen LogP contribution in [0.25, 0.3) is 88.0 Å². The molecule has 224 valence electrons. The molecule has 0 spiro atoms. The molecular weight excluding hydrogens is 577 g/mol. The van der Waals surface area contributed by atoms with Gasteiger partial charge in [-0.15, -0.1) is 0 Å². The van der Waals surface area contributed by atoms with Crippen molar-refractivity contribution in [3.8, 4) is 55.6 Å². The highest BCUT2D eigenvalue weighted by Gasteiger charge is 2.20. The van der Waals surface area contributed by atoms with Gasteiger partial charge in [0.1, 0.15) is 0 Å². The van der Waals surface area contributed by atoms with Crippen LogP contribution in [0.4, 0.5) is 0 Å². The molecule has 0 amide bonds. The Morgan fingerprint density at radius 1 is 0.250 bits per heavy atom. The maximum atomic E-state index is 10.2.